The van der Waals surface area contributed by atoms with Gasteiger partial charge in [0.15, 0.2) is 0 Å². The summed E-state index contributed by atoms with van der Waals surface area (Å²) in [6.45, 7) is 3.93. The van der Waals surface area contributed by atoms with Crippen LogP contribution in [-0.2, 0) is 0 Å². The average Bonchev–Trinajstić information content (AvgIpc) is 2.35. The molecular weight excluding hydrogens is 228 g/mol. The number of nitrogens with one attached hydrogen (secondary N) is 2. The Labute approximate surface area is 105 Å². The molecule has 4 heteroatoms. The highest BCUT2D eigenvalue weighted by atomic mass is 16.2. The lowest BCUT2D eigenvalue weighted by Gasteiger charge is -2.10. The Balaban J connectivity index is 2.27. The number of carbonyl (C=O) groups is 1. The summed E-state index contributed by atoms with van der Waals surface area (Å²) in [6.07, 6.45) is 1.46. The molecule has 0 aliphatic rings. The van der Waals surface area contributed by atoms with Crippen LogP contribution in [0, 0.1) is 13.8 Å². The van der Waals surface area contributed by atoms with Crippen LogP contribution < -0.4 is 10.9 Å². The lowest BCUT2D eigenvalue weighted by atomic mass is 10.1. The Morgan fingerprint density at radius 1 is 1.22 bits per heavy atom. The molecule has 0 fully saturated rings. The SMILES string of the molecule is Cc1cccc(NC(=O)c2cc[nH]c(=O)c2)c1C. The topological polar surface area (TPSA) is 62.0 Å². The summed E-state index contributed by atoms with van der Waals surface area (Å²) in [6, 6.07) is 8.56. The fourth-order valence-corrected chi connectivity index (χ4v) is 1.67. The molecule has 0 aliphatic carbocycles. The molecule has 0 saturated heterocycles. The highest BCUT2D eigenvalue weighted by Gasteiger charge is 2.08. The minimum absolute atomic E-state index is 0.283. The first kappa shape index (κ1) is 12.1. The van der Waals surface area contributed by atoms with E-state index in [1.54, 1.807) is 6.07 Å². The zero-order valence-corrected chi connectivity index (χ0v) is 10.3. The van der Waals surface area contributed by atoms with Gasteiger partial charge in [-0.1, -0.05) is 12.1 Å². The molecule has 0 bridgehead atoms. The number of pyridine rings is 1. The second-order valence-electron chi connectivity index (χ2n) is 4.14. The van der Waals surface area contributed by atoms with Crippen molar-refractivity contribution in [3.8, 4) is 0 Å². The molecule has 0 spiro atoms. The fourth-order valence-electron chi connectivity index (χ4n) is 1.67. The van der Waals surface area contributed by atoms with Gasteiger partial charge in [0.05, 0.1) is 0 Å². The van der Waals surface area contributed by atoms with Gasteiger partial charge in [0.2, 0.25) is 5.56 Å². The molecule has 0 unspecified atom stereocenters. The lowest BCUT2D eigenvalue weighted by Crippen LogP contribution is -2.16. The third kappa shape index (κ3) is 2.48. The van der Waals surface area contributed by atoms with E-state index >= 15 is 0 Å². The Morgan fingerprint density at radius 3 is 2.72 bits per heavy atom. The quantitative estimate of drug-likeness (QED) is 0.848. The smallest absolute Gasteiger partial charge is 0.255 e. The van der Waals surface area contributed by atoms with Crippen LogP contribution >= 0.6 is 0 Å². The van der Waals surface area contributed by atoms with Crippen LogP contribution in [0.15, 0.2) is 41.3 Å². The van der Waals surface area contributed by atoms with Gasteiger partial charge in [-0.3, -0.25) is 9.59 Å². The Bertz CT molecular complexity index is 644. The second kappa shape index (κ2) is 4.87. The van der Waals surface area contributed by atoms with Gasteiger partial charge in [-0.05, 0) is 37.1 Å². The zero-order valence-electron chi connectivity index (χ0n) is 10.3. The van der Waals surface area contributed by atoms with E-state index in [1.807, 2.05) is 32.0 Å². The third-order valence-corrected chi connectivity index (χ3v) is 2.89. The van der Waals surface area contributed by atoms with E-state index in [-0.39, 0.29) is 11.5 Å². The number of amides is 1. The summed E-state index contributed by atoms with van der Waals surface area (Å²) in [5.74, 6) is -0.283. The number of anilines is 1. The molecule has 0 aliphatic heterocycles. The normalized spacial score (nSPS) is 10.1. The third-order valence-electron chi connectivity index (χ3n) is 2.89. The van der Waals surface area contributed by atoms with Crippen LogP contribution in [-0.4, -0.2) is 10.9 Å². The first-order chi connectivity index (χ1) is 8.58. The minimum Gasteiger partial charge on any atom is -0.329 e. The number of aryl methyl sites for hydroxylation is 1. The van der Waals surface area contributed by atoms with E-state index in [9.17, 15) is 9.59 Å². The maximum absolute atomic E-state index is 12.0. The van der Waals surface area contributed by atoms with Gasteiger partial charge in [0.1, 0.15) is 0 Å². The van der Waals surface area contributed by atoms with Crippen LogP contribution in [0.1, 0.15) is 21.5 Å². The molecular formula is C14H14N2O2. The molecule has 92 valence electrons. The Kier molecular flexibility index (Phi) is 3.28. The van der Waals surface area contributed by atoms with Gasteiger partial charge in [-0.15, -0.1) is 0 Å². The summed E-state index contributed by atoms with van der Waals surface area (Å²) in [5.41, 5.74) is 2.96. The van der Waals surface area contributed by atoms with E-state index < -0.39 is 0 Å². The van der Waals surface area contributed by atoms with Gasteiger partial charge in [-0.25, -0.2) is 0 Å². The molecule has 0 atom stereocenters. The minimum atomic E-state index is -0.288. The van der Waals surface area contributed by atoms with E-state index in [4.69, 9.17) is 0 Å². The standard InChI is InChI=1S/C14H14N2O2/c1-9-4-3-5-12(10(9)2)16-14(18)11-6-7-15-13(17)8-11/h3-8H,1-2H3,(H,15,17)(H,16,18). The number of benzene rings is 1. The largest absolute Gasteiger partial charge is 0.329 e. The van der Waals surface area contributed by atoms with Gasteiger partial charge in [0, 0.05) is 23.5 Å². The van der Waals surface area contributed by atoms with Gasteiger partial charge >= 0.3 is 0 Å². The Hall–Kier alpha value is -2.36. The monoisotopic (exact) mass is 242 g/mol. The molecule has 1 amide bonds. The molecule has 18 heavy (non-hydrogen) atoms. The van der Waals surface area contributed by atoms with Crippen molar-refractivity contribution in [2.24, 2.45) is 0 Å². The number of hydrogen-bond acceptors (Lipinski definition) is 2. The first-order valence-electron chi connectivity index (χ1n) is 5.64. The van der Waals surface area contributed by atoms with Crippen molar-refractivity contribution in [2.75, 3.05) is 5.32 Å². The average molecular weight is 242 g/mol. The maximum atomic E-state index is 12.0. The summed E-state index contributed by atoms with van der Waals surface area (Å²) in [5, 5.41) is 2.80. The van der Waals surface area contributed by atoms with Gasteiger partial charge in [-0.2, -0.15) is 0 Å². The second-order valence-corrected chi connectivity index (χ2v) is 4.14. The van der Waals surface area contributed by atoms with Crippen LogP contribution in [0.25, 0.3) is 0 Å². The van der Waals surface area contributed by atoms with Crippen molar-refractivity contribution in [1.29, 1.82) is 0 Å². The summed E-state index contributed by atoms with van der Waals surface area (Å²) < 4.78 is 0. The Morgan fingerprint density at radius 2 is 2.00 bits per heavy atom. The molecule has 2 N–H and O–H groups in total. The highest BCUT2D eigenvalue weighted by Crippen LogP contribution is 2.18. The van der Waals surface area contributed by atoms with Crippen molar-refractivity contribution in [1.82, 2.24) is 4.98 Å². The number of hydrogen-bond donors (Lipinski definition) is 2. The number of aromatic nitrogens is 1. The van der Waals surface area contributed by atoms with Crippen LogP contribution in [0.5, 0.6) is 0 Å². The molecule has 2 rings (SSSR count). The predicted octanol–water partition coefficient (Wildman–Crippen LogP) is 2.24. The highest BCUT2D eigenvalue weighted by molar-refractivity contribution is 6.04. The number of carbonyl (C=O) groups excluding carboxylic acids is 1. The van der Waals surface area contributed by atoms with Gasteiger partial charge in [0.25, 0.3) is 5.91 Å². The predicted molar refractivity (Wildman–Crippen MR) is 70.9 cm³/mol. The number of aromatic amines is 1. The van der Waals surface area contributed by atoms with Gasteiger partial charge < -0.3 is 10.3 Å². The van der Waals surface area contributed by atoms with E-state index in [1.165, 1.54) is 12.3 Å². The maximum Gasteiger partial charge on any atom is 0.255 e. The molecule has 2 aromatic rings. The molecule has 1 aromatic carbocycles. The fraction of sp³-hybridized carbons (Fsp3) is 0.143. The van der Waals surface area contributed by atoms with Crippen LogP contribution in [0.2, 0.25) is 0 Å². The molecule has 1 heterocycles. The molecule has 0 radical (unpaired) electrons. The first-order valence-corrected chi connectivity index (χ1v) is 5.64. The zero-order chi connectivity index (χ0) is 13.1. The molecule has 4 nitrogen and oxygen atoms in total. The summed E-state index contributed by atoms with van der Waals surface area (Å²) in [7, 11) is 0. The van der Waals surface area contributed by atoms with Crippen molar-refractivity contribution >= 4 is 11.6 Å². The van der Waals surface area contributed by atoms with Crippen molar-refractivity contribution in [3.63, 3.8) is 0 Å². The molecule has 0 saturated carbocycles. The van der Waals surface area contributed by atoms with E-state index in [0.717, 1.165) is 16.8 Å². The summed E-state index contributed by atoms with van der Waals surface area (Å²) in [4.78, 5) is 25.6. The van der Waals surface area contributed by atoms with Crippen molar-refractivity contribution in [3.05, 3.63) is 63.6 Å². The van der Waals surface area contributed by atoms with Crippen LogP contribution in [0.4, 0.5) is 5.69 Å². The van der Waals surface area contributed by atoms with Crippen molar-refractivity contribution < 1.29 is 4.79 Å². The van der Waals surface area contributed by atoms with Crippen molar-refractivity contribution in [2.45, 2.75) is 13.8 Å². The van der Waals surface area contributed by atoms with E-state index in [2.05, 4.69) is 10.3 Å². The van der Waals surface area contributed by atoms with Crippen LogP contribution in [0.3, 0.4) is 0 Å². The lowest BCUT2D eigenvalue weighted by molar-refractivity contribution is 0.102. The number of H-pyrrole nitrogens is 1. The summed E-state index contributed by atoms with van der Waals surface area (Å²) >= 11 is 0. The molecule has 1 aromatic heterocycles. The number of rotatable bonds is 2. The van der Waals surface area contributed by atoms with E-state index in [0.29, 0.717) is 5.56 Å².